The van der Waals surface area contributed by atoms with E-state index in [9.17, 15) is 4.79 Å². The van der Waals surface area contributed by atoms with Crippen LogP contribution in [-0.4, -0.2) is 61.5 Å². The monoisotopic (exact) mass is 284 g/mol. The Morgan fingerprint density at radius 3 is 2.25 bits per heavy atom. The van der Waals surface area contributed by atoms with E-state index in [-0.39, 0.29) is 37.9 Å². The van der Waals surface area contributed by atoms with Gasteiger partial charge in [0.1, 0.15) is 0 Å². The van der Waals surface area contributed by atoms with Crippen LogP contribution in [0.2, 0.25) is 0 Å². The van der Waals surface area contributed by atoms with Crippen LogP contribution >= 0.6 is 0 Å². The SMILES string of the molecule is COc1cc(C(=O)N(CCO)CCO)cc(N)c1OC. The van der Waals surface area contributed by atoms with Gasteiger partial charge in [0.25, 0.3) is 5.91 Å². The number of aliphatic hydroxyl groups is 2. The normalized spacial score (nSPS) is 10.2. The first-order chi connectivity index (χ1) is 9.58. The first-order valence-electron chi connectivity index (χ1n) is 6.11. The van der Waals surface area contributed by atoms with E-state index < -0.39 is 0 Å². The van der Waals surface area contributed by atoms with Crippen molar-refractivity contribution in [2.75, 3.05) is 46.3 Å². The van der Waals surface area contributed by atoms with Gasteiger partial charge in [-0.25, -0.2) is 0 Å². The molecular weight excluding hydrogens is 264 g/mol. The second-order valence-electron chi connectivity index (χ2n) is 4.04. The molecule has 0 atom stereocenters. The van der Waals surface area contributed by atoms with Gasteiger partial charge in [0.15, 0.2) is 11.5 Å². The summed E-state index contributed by atoms with van der Waals surface area (Å²) in [6, 6.07) is 2.99. The van der Waals surface area contributed by atoms with Crippen molar-refractivity contribution in [2.24, 2.45) is 0 Å². The van der Waals surface area contributed by atoms with Crippen molar-refractivity contribution in [3.63, 3.8) is 0 Å². The van der Waals surface area contributed by atoms with Crippen molar-refractivity contribution in [3.05, 3.63) is 17.7 Å². The summed E-state index contributed by atoms with van der Waals surface area (Å²) in [4.78, 5) is 13.6. The topological polar surface area (TPSA) is 105 Å². The molecule has 0 aliphatic rings. The van der Waals surface area contributed by atoms with Crippen molar-refractivity contribution in [2.45, 2.75) is 0 Å². The second kappa shape index (κ2) is 7.56. The summed E-state index contributed by atoms with van der Waals surface area (Å²) in [5, 5.41) is 17.9. The molecule has 0 bridgehead atoms. The minimum atomic E-state index is -0.347. The molecule has 7 heteroatoms. The molecular formula is C13H20N2O5. The first kappa shape index (κ1) is 16.1. The molecule has 20 heavy (non-hydrogen) atoms. The summed E-state index contributed by atoms with van der Waals surface area (Å²) < 4.78 is 10.2. The Bertz CT molecular complexity index is 458. The van der Waals surface area contributed by atoms with Crippen molar-refractivity contribution in [1.29, 1.82) is 0 Å². The molecule has 112 valence electrons. The largest absolute Gasteiger partial charge is 0.493 e. The molecule has 0 saturated heterocycles. The molecule has 1 aromatic carbocycles. The zero-order chi connectivity index (χ0) is 15.1. The van der Waals surface area contributed by atoms with Crippen molar-refractivity contribution in [3.8, 4) is 11.5 Å². The number of nitrogen functional groups attached to an aromatic ring is 1. The number of hydrogen-bond donors (Lipinski definition) is 3. The van der Waals surface area contributed by atoms with E-state index in [1.54, 1.807) is 0 Å². The van der Waals surface area contributed by atoms with E-state index in [4.69, 9.17) is 25.4 Å². The molecule has 0 radical (unpaired) electrons. The predicted molar refractivity (Wildman–Crippen MR) is 74.0 cm³/mol. The van der Waals surface area contributed by atoms with Crippen LogP contribution < -0.4 is 15.2 Å². The van der Waals surface area contributed by atoms with Gasteiger partial charge in [0, 0.05) is 18.7 Å². The van der Waals surface area contributed by atoms with Crippen LogP contribution in [0.4, 0.5) is 5.69 Å². The quantitative estimate of drug-likeness (QED) is 0.594. The minimum absolute atomic E-state index is 0.133. The smallest absolute Gasteiger partial charge is 0.254 e. The molecule has 1 aromatic rings. The average molecular weight is 284 g/mol. The number of rotatable bonds is 7. The van der Waals surface area contributed by atoms with E-state index in [1.807, 2.05) is 0 Å². The Hall–Kier alpha value is -1.99. The lowest BCUT2D eigenvalue weighted by Crippen LogP contribution is -2.35. The van der Waals surface area contributed by atoms with Gasteiger partial charge in [-0.15, -0.1) is 0 Å². The molecule has 0 unspecified atom stereocenters. The van der Waals surface area contributed by atoms with E-state index in [2.05, 4.69) is 0 Å². The fourth-order valence-electron chi connectivity index (χ4n) is 1.86. The van der Waals surface area contributed by atoms with E-state index in [1.165, 1.54) is 31.3 Å². The molecule has 0 fully saturated rings. The molecule has 4 N–H and O–H groups in total. The lowest BCUT2D eigenvalue weighted by atomic mass is 10.1. The van der Waals surface area contributed by atoms with Crippen LogP contribution in [0.3, 0.4) is 0 Å². The molecule has 0 heterocycles. The van der Waals surface area contributed by atoms with Crippen LogP contribution in [0.15, 0.2) is 12.1 Å². The molecule has 1 amide bonds. The number of ether oxygens (including phenoxy) is 2. The maximum atomic E-state index is 12.3. The molecule has 7 nitrogen and oxygen atoms in total. The van der Waals surface area contributed by atoms with Crippen molar-refractivity contribution in [1.82, 2.24) is 4.90 Å². The molecule has 0 spiro atoms. The fourth-order valence-corrected chi connectivity index (χ4v) is 1.86. The zero-order valence-corrected chi connectivity index (χ0v) is 11.6. The van der Waals surface area contributed by atoms with E-state index >= 15 is 0 Å². The van der Waals surface area contributed by atoms with Crippen LogP contribution in [-0.2, 0) is 0 Å². The van der Waals surface area contributed by atoms with Gasteiger partial charge < -0.3 is 30.3 Å². The number of amides is 1. The molecule has 0 aromatic heterocycles. The van der Waals surface area contributed by atoms with Crippen LogP contribution in [0.25, 0.3) is 0 Å². The van der Waals surface area contributed by atoms with Crippen molar-refractivity contribution < 1.29 is 24.5 Å². The molecule has 0 aliphatic heterocycles. The Morgan fingerprint density at radius 2 is 1.80 bits per heavy atom. The van der Waals surface area contributed by atoms with Crippen LogP contribution in [0.1, 0.15) is 10.4 Å². The van der Waals surface area contributed by atoms with Crippen LogP contribution in [0.5, 0.6) is 11.5 Å². The standard InChI is InChI=1S/C13H20N2O5/c1-19-11-8-9(7-10(14)12(11)20-2)13(18)15(3-5-16)4-6-17/h7-8,16-17H,3-6,14H2,1-2H3. The zero-order valence-electron chi connectivity index (χ0n) is 11.6. The third kappa shape index (κ3) is 3.52. The van der Waals surface area contributed by atoms with Gasteiger partial charge >= 0.3 is 0 Å². The second-order valence-corrected chi connectivity index (χ2v) is 4.04. The Labute approximate surface area is 117 Å². The number of benzene rings is 1. The number of aliphatic hydroxyl groups excluding tert-OH is 2. The summed E-state index contributed by atoms with van der Waals surface area (Å²) in [7, 11) is 2.91. The van der Waals surface area contributed by atoms with Gasteiger partial charge in [-0.3, -0.25) is 4.79 Å². The molecule has 0 aliphatic carbocycles. The Balaban J connectivity index is 3.11. The number of carbonyl (C=O) groups excluding carboxylic acids is 1. The first-order valence-corrected chi connectivity index (χ1v) is 6.11. The number of carbonyl (C=O) groups is 1. The van der Waals surface area contributed by atoms with Gasteiger partial charge in [-0.05, 0) is 12.1 Å². The summed E-state index contributed by atoms with van der Waals surface area (Å²) in [6.45, 7) is -0.107. The maximum Gasteiger partial charge on any atom is 0.254 e. The van der Waals surface area contributed by atoms with Gasteiger partial charge in [-0.1, -0.05) is 0 Å². The highest BCUT2D eigenvalue weighted by Crippen LogP contribution is 2.34. The van der Waals surface area contributed by atoms with Gasteiger partial charge in [0.2, 0.25) is 0 Å². The number of anilines is 1. The minimum Gasteiger partial charge on any atom is -0.493 e. The third-order valence-corrected chi connectivity index (χ3v) is 2.78. The Morgan fingerprint density at radius 1 is 1.20 bits per heavy atom. The van der Waals surface area contributed by atoms with E-state index in [0.29, 0.717) is 17.1 Å². The summed E-state index contributed by atoms with van der Waals surface area (Å²) in [5.74, 6) is 0.365. The van der Waals surface area contributed by atoms with Crippen LogP contribution in [0, 0.1) is 0 Å². The lowest BCUT2D eigenvalue weighted by Gasteiger charge is -2.21. The molecule has 0 saturated carbocycles. The number of nitrogens with two attached hydrogens (primary N) is 1. The summed E-state index contributed by atoms with van der Waals surface area (Å²) in [6.07, 6.45) is 0. The third-order valence-electron chi connectivity index (χ3n) is 2.78. The maximum absolute atomic E-state index is 12.3. The fraction of sp³-hybridized carbons (Fsp3) is 0.462. The number of nitrogens with zero attached hydrogens (tertiary/aromatic N) is 1. The number of methoxy groups -OCH3 is 2. The highest BCUT2D eigenvalue weighted by Gasteiger charge is 2.19. The Kier molecular flexibility index (Phi) is 6.08. The highest BCUT2D eigenvalue weighted by molar-refractivity contribution is 5.96. The summed E-state index contributed by atoms with van der Waals surface area (Å²) >= 11 is 0. The molecule has 1 rings (SSSR count). The lowest BCUT2D eigenvalue weighted by molar-refractivity contribution is 0.0684. The highest BCUT2D eigenvalue weighted by atomic mass is 16.5. The average Bonchev–Trinajstić information content (AvgIpc) is 2.45. The number of hydrogen-bond acceptors (Lipinski definition) is 6. The van der Waals surface area contributed by atoms with Gasteiger partial charge in [-0.2, -0.15) is 0 Å². The predicted octanol–water partition coefficient (Wildman–Crippen LogP) is -0.287. The van der Waals surface area contributed by atoms with Gasteiger partial charge in [0.05, 0.1) is 33.1 Å². The summed E-state index contributed by atoms with van der Waals surface area (Å²) in [5.41, 5.74) is 6.41. The van der Waals surface area contributed by atoms with E-state index in [0.717, 1.165) is 0 Å². The van der Waals surface area contributed by atoms with Crippen molar-refractivity contribution >= 4 is 11.6 Å².